The molecule has 0 aliphatic rings. The highest BCUT2D eigenvalue weighted by molar-refractivity contribution is 7.27. The molecule has 9 aromatic carbocycles. The third-order valence-electron chi connectivity index (χ3n) is 12.0. The van der Waals surface area contributed by atoms with Gasteiger partial charge in [-0.3, -0.25) is 0 Å². The lowest BCUT2D eigenvalue weighted by molar-refractivity contribution is 1.19. The van der Waals surface area contributed by atoms with Crippen LogP contribution >= 0.6 is 22.7 Å². The van der Waals surface area contributed by atoms with Gasteiger partial charge in [0.15, 0.2) is 5.82 Å². The second-order valence-corrected chi connectivity index (χ2v) is 17.4. The van der Waals surface area contributed by atoms with Crippen molar-refractivity contribution in [3.63, 3.8) is 0 Å². The summed E-state index contributed by atoms with van der Waals surface area (Å²) in [5.74, 6) is 0.745. The Morgan fingerprint density at radius 1 is 0.373 bits per heavy atom. The standard InChI is InChI=1S/C54H31N3S2/c1-2-13-36(14-3-1)54-55-49(53-50(56-54)42-19-9-11-21-45(42)59-53)35-24-22-32(23-25-35)33-26-29-37(30-27-33)57-43-31-28-34-12-4-5-15-38(34)46(43)47-39-16-6-7-17-40(39)52-48(51(47)57)41-18-8-10-20-44(41)58-52/h1-31H. The first kappa shape index (κ1) is 32.9. The van der Waals surface area contributed by atoms with Crippen molar-refractivity contribution in [2.24, 2.45) is 0 Å². The molecule has 0 aliphatic heterocycles. The van der Waals surface area contributed by atoms with Crippen molar-refractivity contribution in [2.75, 3.05) is 0 Å². The van der Waals surface area contributed by atoms with Crippen LogP contribution in [0.2, 0.25) is 0 Å². The van der Waals surface area contributed by atoms with E-state index in [0.29, 0.717) is 0 Å². The summed E-state index contributed by atoms with van der Waals surface area (Å²) in [7, 11) is 0. The van der Waals surface area contributed by atoms with Gasteiger partial charge in [-0.25, -0.2) is 9.97 Å². The molecule has 13 rings (SSSR count). The van der Waals surface area contributed by atoms with Crippen LogP contribution in [0.25, 0.3) is 123 Å². The first-order valence-corrected chi connectivity index (χ1v) is 21.5. The predicted molar refractivity (Wildman–Crippen MR) is 253 cm³/mol. The molecule has 3 nitrogen and oxygen atoms in total. The molecule has 274 valence electrons. The predicted octanol–water partition coefficient (Wildman–Crippen LogP) is 15.6. The minimum Gasteiger partial charge on any atom is -0.309 e. The first-order chi connectivity index (χ1) is 29.3. The first-order valence-electron chi connectivity index (χ1n) is 19.9. The quantitative estimate of drug-likeness (QED) is 0.178. The molecular formula is C54H31N3S2. The van der Waals surface area contributed by atoms with E-state index in [9.17, 15) is 0 Å². The van der Waals surface area contributed by atoms with E-state index in [-0.39, 0.29) is 0 Å². The van der Waals surface area contributed by atoms with Crippen LogP contribution < -0.4 is 0 Å². The number of benzene rings is 9. The van der Waals surface area contributed by atoms with E-state index >= 15 is 0 Å². The van der Waals surface area contributed by atoms with Gasteiger partial charge >= 0.3 is 0 Å². The van der Waals surface area contributed by atoms with Crippen LogP contribution in [0.3, 0.4) is 0 Å². The molecule has 0 N–H and O–H groups in total. The number of aromatic nitrogens is 3. The average molecular weight is 786 g/mol. The van der Waals surface area contributed by atoms with Crippen molar-refractivity contribution in [3.05, 3.63) is 188 Å². The summed E-state index contributed by atoms with van der Waals surface area (Å²) >= 11 is 3.67. The maximum absolute atomic E-state index is 5.20. The molecule has 0 unspecified atom stereocenters. The van der Waals surface area contributed by atoms with Crippen molar-refractivity contribution in [3.8, 4) is 39.5 Å². The zero-order valence-electron chi connectivity index (χ0n) is 31.6. The second-order valence-electron chi connectivity index (χ2n) is 15.2. The lowest BCUT2D eigenvalue weighted by Gasteiger charge is -2.12. The van der Waals surface area contributed by atoms with Crippen molar-refractivity contribution in [1.82, 2.24) is 14.5 Å². The van der Waals surface area contributed by atoms with Gasteiger partial charge in [0.2, 0.25) is 0 Å². The fourth-order valence-electron chi connectivity index (χ4n) is 9.32. The van der Waals surface area contributed by atoms with E-state index in [2.05, 4.69) is 174 Å². The third-order valence-corrected chi connectivity index (χ3v) is 14.4. The van der Waals surface area contributed by atoms with Crippen LogP contribution in [0.15, 0.2) is 188 Å². The molecule has 59 heavy (non-hydrogen) atoms. The van der Waals surface area contributed by atoms with Crippen molar-refractivity contribution in [2.45, 2.75) is 0 Å². The van der Waals surface area contributed by atoms with Crippen molar-refractivity contribution in [1.29, 1.82) is 0 Å². The summed E-state index contributed by atoms with van der Waals surface area (Å²) < 4.78 is 7.51. The molecule has 4 heterocycles. The Labute approximate surface area is 346 Å². The number of rotatable bonds is 4. The highest BCUT2D eigenvalue weighted by Gasteiger charge is 2.23. The Morgan fingerprint density at radius 2 is 0.966 bits per heavy atom. The summed E-state index contributed by atoms with van der Waals surface area (Å²) in [4.78, 5) is 10.3. The fraction of sp³-hybridized carbons (Fsp3) is 0. The number of hydrogen-bond donors (Lipinski definition) is 0. The average Bonchev–Trinajstić information content (AvgIpc) is 4.00. The van der Waals surface area contributed by atoms with Crippen LogP contribution in [0.1, 0.15) is 0 Å². The van der Waals surface area contributed by atoms with E-state index in [4.69, 9.17) is 9.97 Å². The Hall–Kier alpha value is -7.18. The molecule has 13 aromatic rings. The van der Waals surface area contributed by atoms with Crippen LogP contribution in [-0.2, 0) is 0 Å². The van der Waals surface area contributed by atoms with E-state index in [0.717, 1.165) is 44.1 Å². The molecule has 0 saturated heterocycles. The third kappa shape index (κ3) is 4.86. The maximum atomic E-state index is 5.20. The molecule has 0 saturated carbocycles. The monoisotopic (exact) mass is 785 g/mol. The van der Waals surface area contributed by atoms with Crippen molar-refractivity contribution >= 4 is 106 Å². The van der Waals surface area contributed by atoms with Gasteiger partial charge in [-0.1, -0.05) is 158 Å². The largest absolute Gasteiger partial charge is 0.309 e. The SMILES string of the molecule is c1ccc(-c2nc(-c3ccc(-c4ccc(-n5c6ccc7ccccc7c6c6c7ccccc7c7sc8ccccc8c7c65)cc4)cc3)c3sc4ccccc4c3n2)cc1. The smallest absolute Gasteiger partial charge is 0.160 e. The molecule has 0 bridgehead atoms. The van der Waals surface area contributed by atoms with Gasteiger partial charge in [0, 0.05) is 63.2 Å². The molecule has 0 aliphatic carbocycles. The summed E-state index contributed by atoms with van der Waals surface area (Å²) in [6, 6.07) is 68.2. The van der Waals surface area contributed by atoms with E-state index in [1.807, 2.05) is 29.5 Å². The van der Waals surface area contributed by atoms with Gasteiger partial charge in [-0.05, 0) is 57.6 Å². The summed E-state index contributed by atoms with van der Waals surface area (Å²) in [6.45, 7) is 0. The number of fused-ring (bicyclic) bond motifs is 15. The second kappa shape index (κ2) is 12.7. The summed E-state index contributed by atoms with van der Waals surface area (Å²) in [5, 5.41) is 11.6. The molecule has 0 radical (unpaired) electrons. The summed E-state index contributed by atoms with van der Waals surface area (Å²) in [5.41, 5.74) is 10.0. The number of thiophene rings is 2. The molecule has 0 fully saturated rings. The van der Waals surface area contributed by atoms with Crippen LogP contribution in [0, 0.1) is 0 Å². The van der Waals surface area contributed by atoms with Gasteiger partial charge in [0.05, 0.1) is 26.9 Å². The zero-order valence-corrected chi connectivity index (χ0v) is 33.2. The normalized spacial score (nSPS) is 12.1. The molecule has 0 spiro atoms. The molecule has 0 amide bonds. The maximum Gasteiger partial charge on any atom is 0.160 e. The van der Waals surface area contributed by atoms with Gasteiger partial charge in [-0.15, -0.1) is 22.7 Å². The van der Waals surface area contributed by atoms with Gasteiger partial charge < -0.3 is 4.57 Å². The Bertz CT molecular complexity index is 3820. The minimum absolute atomic E-state index is 0.745. The van der Waals surface area contributed by atoms with E-state index < -0.39 is 0 Å². The number of hydrogen-bond acceptors (Lipinski definition) is 4. The van der Waals surface area contributed by atoms with Gasteiger partial charge in [0.1, 0.15) is 0 Å². The Kier molecular flexibility index (Phi) is 7.05. The van der Waals surface area contributed by atoms with Crippen LogP contribution in [0.4, 0.5) is 0 Å². The number of nitrogens with zero attached hydrogens (tertiary/aromatic N) is 3. The lowest BCUT2D eigenvalue weighted by Crippen LogP contribution is -1.95. The van der Waals surface area contributed by atoms with Crippen LogP contribution in [0.5, 0.6) is 0 Å². The van der Waals surface area contributed by atoms with Crippen molar-refractivity contribution < 1.29 is 0 Å². The Morgan fingerprint density at radius 3 is 1.75 bits per heavy atom. The lowest BCUT2D eigenvalue weighted by atomic mass is 9.97. The molecular weight excluding hydrogens is 755 g/mol. The van der Waals surface area contributed by atoms with Gasteiger partial charge in [-0.2, -0.15) is 0 Å². The van der Waals surface area contributed by atoms with Gasteiger partial charge in [0.25, 0.3) is 0 Å². The Balaban J connectivity index is 0.986. The molecule has 5 heteroatoms. The molecule has 4 aromatic heterocycles. The zero-order chi connectivity index (χ0) is 38.6. The topological polar surface area (TPSA) is 30.7 Å². The molecule has 0 atom stereocenters. The van der Waals surface area contributed by atoms with E-state index in [1.54, 1.807) is 11.3 Å². The van der Waals surface area contributed by atoms with Crippen LogP contribution in [-0.4, -0.2) is 14.5 Å². The minimum atomic E-state index is 0.745. The highest BCUT2D eigenvalue weighted by atomic mass is 32.1. The summed E-state index contributed by atoms with van der Waals surface area (Å²) in [6.07, 6.45) is 0. The fourth-order valence-corrected chi connectivity index (χ4v) is 11.7. The highest BCUT2D eigenvalue weighted by Crippen LogP contribution is 2.49. The van der Waals surface area contributed by atoms with E-state index in [1.165, 1.54) is 79.2 Å².